The predicted octanol–water partition coefficient (Wildman–Crippen LogP) is 4.48. The molecule has 0 bridgehead atoms. The maximum absolute atomic E-state index is 5.04. The zero-order chi connectivity index (χ0) is 8.04. The first kappa shape index (κ1) is 11.8. The molecule has 0 heterocycles. The van der Waals surface area contributed by atoms with E-state index in [0.717, 1.165) is 0 Å². The van der Waals surface area contributed by atoms with Gasteiger partial charge in [-0.15, -0.1) is 0 Å². The molecule has 0 aromatic heterocycles. The molecule has 0 unspecified atom stereocenters. The Labute approximate surface area is 80.1 Å². The Morgan fingerprint density at radius 1 is 0.900 bits per heavy atom. The fraction of sp³-hybridized carbons (Fsp3) is 0.600. The molecule has 0 N–H and O–H groups in total. The van der Waals surface area contributed by atoms with Crippen molar-refractivity contribution in [3.05, 3.63) is 12.2 Å². The summed E-state index contributed by atoms with van der Waals surface area (Å²) < 4.78 is 0. The zero-order valence-electron chi connectivity index (χ0n) is 5.29. The molecule has 10 heavy (non-hydrogen) atoms. The quantitative estimate of drug-likeness (QED) is 0.579. The van der Waals surface area contributed by atoms with E-state index in [4.69, 9.17) is 34.1 Å². The third kappa shape index (κ3) is 16.4. The zero-order valence-corrected chi connectivity index (χ0v) is 10.8. The number of allylic oxidation sites excluding steroid dienone is 2. The van der Waals surface area contributed by atoms with E-state index in [2.05, 4.69) is 12.2 Å². The van der Waals surface area contributed by atoms with Gasteiger partial charge in [0.1, 0.15) is 0 Å². The summed E-state index contributed by atoms with van der Waals surface area (Å²) in [7, 11) is 20.1. The van der Waals surface area contributed by atoms with Gasteiger partial charge in [-0.2, -0.15) is 0 Å². The van der Waals surface area contributed by atoms with Crippen molar-refractivity contribution in [1.29, 1.82) is 0 Å². The summed E-state index contributed by atoms with van der Waals surface area (Å²) in [6, 6.07) is 0. The average molecular weight is 301 g/mol. The maximum atomic E-state index is 5.04. The van der Waals surface area contributed by atoms with Gasteiger partial charge in [0, 0.05) is 0 Å². The molecule has 60 valence electrons. The summed E-state index contributed by atoms with van der Waals surface area (Å²) in [5.74, 6) is 0. The van der Waals surface area contributed by atoms with E-state index in [1.54, 1.807) is 0 Å². The third-order valence-corrected chi connectivity index (χ3v) is 0.908. The van der Waals surface area contributed by atoms with E-state index in [-0.39, 0.29) is 0 Å². The Morgan fingerprint density at radius 2 is 1.20 bits per heavy atom. The van der Waals surface area contributed by atoms with E-state index in [9.17, 15) is 0 Å². The van der Waals surface area contributed by atoms with Crippen LogP contribution in [0.4, 0.5) is 0 Å². The van der Waals surface area contributed by atoms with Crippen LogP contribution in [0.25, 0.3) is 0 Å². The van der Waals surface area contributed by atoms with E-state index in [0.29, 0.717) is 0 Å². The molecule has 0 spiro atoms. The van der Waals surface area contributed by atoms with Crippen LogP contribution in [0.3, 0.4) is 0 Å². The Morgan fingerprint density at radius 3 is 1.30 bits per heavy atom. The molecular formula is C5H8Cl4Zr. The molecule has 1 aliphatic carbocycles. The van der Waals surface area contributed by atoms with Crippen molar-refractivity contribution in [2.24, 2.45) is 0 Å². The number of halogens is 4. The fourth-order valence-corrected chi connectivity index (χ4v) is 0.589. The first-order valence-corrected chi connectivity index (χ1v) is 15.6. The summed E-state index contributed by atoms with van der Waals surface area (Å²) in [5, 5.41) is 0. The molecule has 1 rings (SSSR count). The van der Waals surface area contributed by atoms with E-state index < -0.39 is 15.5 Å². The second-order valence-electron chi connectivity index (χ2n) is 1.83. The third-order valence-electron chi connectivity index (χ3n) is 0.908. The number of hydrogen-bond donors (Lipinski definition) is 0. The van der Waals surface area contributed by atoms with E-state index in [1.165, 1.54) is 19.3 Å². The van der Waals surface area contributed by atoms with Crippen molar-refractivity contribution in [2.75, 3.05) is 0 Å². The van der Waals surface area contributed by atoms with Crippen molar-refractivity contribution in [3.8, 4) is 0 Å². The molecule has 0 saturated heterocycles. The average Bonchev–Trinajstić information content (AvgIpc) is 2.07. The molecule has 0 amide bonds. The Balaban J connectivity index is 0.000000162. The van der Waals surface area contributed by atoms with Crippen LogP contribution in [-0.4, -0.2) is 0 Å². The normalized spacial score (nSPS) is 16.4. The molecule has 0 nitrogen and oxygen atoms in total. The monoisotopic (exact) mass is 298 g/mol. The van der Waals surface area contributed by atoms with Gasteiger partial charge in [0.2, 0.25) is 0 Å². The Kier molecular flexibility index (Phi) is 7.44. The van der Waals surface area contributed by atoms with Gasteiger partial charge < -0.3 is 0 Å². The SMILES string of the molecule is C1=CCCC1.[Cl][Zr]([Cl])([Cl])[Cl]. The van der Waals surface area contributed by atoms with Crippen LogP contribution in [0.5, 0.6) is 0 Å². The second-order valence-corrected chi connectivity index (χ2v) is 24.2. The van der Waals surface area contributed by atoms with Crippen molar-refractivity contribution < 1.29 is 15.5 Å². The molecule has 0 aliphatic heterocycles. The van der Waals surface area contributed by atoms with Crippen LogP contribution in [0.1, 0.15) is 19.3 Å². The molecule has 0 aromatic carbocycles. The Bertz CT molecular complexity index is 94.7. The minimum atomic E-state index is -3.29. The summed E-state index contributed by atoms with van der Waals surface area (Å²) in [6.45, 7) is 0. The Hall–Kier alpha value is 1.78. The first-order valence-electron chi connectivity index (χ1n) is 2.91. The predicted molar refractivity (Wildman–Crippen MR) is 46.4 cm³/mol. The summed E-state index contributed by atoms with van der Waals surface area (Å²) in [6.07, 6.45) is 8.50. The molecule has 1 aliphatic rings. The summed E-state index contributed by atoms with van der Waals surface area (Å²) in [4.78, 5) is 0. The molecule has 0 atom stereocenters. The van der Waals surface area contributed by atoms with Gasteiger partial charge in [-0.25, -0.2) is 0 Å². The summed E-state index contributed by atoms with van der Waals surface area (Å²) >= 11 is -3.29. The second kappa shape index (κ2) is 6.32. The van der Waals surface area contributed by atoms with Gasteiger partial charge in [-0.05, 0) is 19.3 Å². The van der Waals surface area contributed by atoms with Crippen LogP contribution in [0.2, 0.25) is 0 Å². The van der Waals surface area contributed by atoms with Crippen LogP contribution < -0.4 is 0 Å². The van der Waals surface area contributed by atoms with Gasteiger partial charge in [0.15, 0.2) is 0 Å². The molecule has 0 fully saturated rings. The van der Waals surface area contributed by atoms with E-state index in [1.807, 2.05) is 0 Å². The molecule has 5 heteroatoms. The van der Waals surface area contributed by atoms with Gasteiger partial charge in [0.05, 0.1) is 0 Å². The van der Waals surface area contributed by atoms with Gasteiger partial charge in [-0.1, -0.05) is 12.2 Å². The minimum absolute atomic E-state index is 1.32. The topological polar surface area (TPSA) is 0 Å². The summed E-state index contributed by atoms with van der Waals surface area (Å²) in [5.41, 5.74) is 0. The van der Waals surface area contributed by atoms with Gasteiger partial charge in [-0.3, -0.25) is 0 Å². The molecule has 0 radical (unpaired) electrons. The fourth-order valence-electron chi connectivity index (χ4n) is 0.589. The van der Waals surface area contributed by atoms with Gasteiger partial charge in [0.25, 0.3) is 0 Å². The van der Waals surface area contributed by atoms with Crippen LogP contribution >= 0.6 is 34.1 Å². The molecule has 0 aromatic rings. The molecule has 0 saturated carbocycles. The first-order chi connectivity index (χ1) is 4.50. The van der Waals surface area contributed by atoms with E-state index >= 15 is 0 Å². The van der Waals surface area contributed by atoms with Crippen molar-refractivity contribution in [2.45, 2.75) is 19.3 Å². The van der Waals surface area contributed by atoms with Crippen molar-refractivity contribution in [3.63, 3.8) is 0 Å². The number of rotatable bonds is 0. The number of hydrogen-bond acceptors (Lipinski definition) is 0. The molecular weight excluding hydrogens is 293 g/mol. The van der Waals surface area contributed by atoms with Crippen molar-refractivity contribution >= 4 is 34.1 Å². The van der Waals surface area contributed by atoms with Crippen LogP contribution in [0.15, 0.2) is 12.2 Å². The van der Waals surface area contributed by atoms with Crippen molar-refractivity contribution in [1.82, 2.24) is 0 Å². The van der Waals surface area contributed by atoms with Crippen LogP contribution in [-0.2, 0) is 15.5 Å². The van der Waals surface area contributed by atoms with Gasteiger partial charge >= 0.3 is 49.5 Å². The van der Waals surface area contributed by atoms with Crippen LogP contribution in [0, 0.1) is 0 Å². The standard InChI is InChI=1S/C5H8.4ClH.Zr/c1-2-4-5-3-1;;;;;/h1-2H,3-5H2;4*1H;/q;;;;;+4/p-4.